The normalized spacial score (nSPS) is 10.1. The summed E-state index contributed by atoms with van der Waals surface area (Å²) in [6.45, 7) is 1.91. The van der Waals surface area contributed by atoms with Crippen molar-refractivity contribution in [3.63, 3.8) is 0 Å². The number of halogens is 2. The van der Waals surface area contributed by atoms with Crippen molar-refractivity contribution >= 4 is 33.4 Å². The van der Waals surface area contributed by atoms with Crippen LogP contribution in [0.5, 0.6) is 5.75 Å². The second-order valence-electron chi connectivity index (χ2n) is 3.40. The van der Waals surface area contributed by atoms with Gasteiger partial charge in [0, 0.05) is 17.8 Å². The lowest BCUT2D eigenvalue weighted by Crippen LogP contribution is -2.26. The molecule has 0 aliphatic rings. The Hall–Kier alpha value is -0.780. The van der Waals surface area contributed by atoms with Gasteiger partial charge < -0.3 is 4.74 Å². The molecule has 1 aromatic rings. The van der Waals surface area contributed by atoms with Crippen molar-refractivity contribution in [1.82, 2.24) is 5.06 Å². The summed E-state index contributed by atoms with van der Waals surface area (Å²) in [4.78, 5) is 10.7. The molecule has 0 saturated heterocycles. The summed E-state index contributed by atoms with van der Waals surface area (Å²) < 4.78 is 6.20. The zero-order valence-corrected chi connectivity index (χ0v) is 11.7. The summed E-state index contributed by atoms with van der Waals surface area (Å²) in [6, 6.07) is 5.40. The molecule has 0 saturated carbocycles. The number of nitrogens with zero attached hydrogens (tertiary/aromatic N) is 1. The molecule has 0 aliphatic carbocycles. The first-order chi connectivity index (χ1) is 8.02. The summed E-state index contributed by atoms with van der Waals surface area (Å²) in [6.07, 6.45) is 0.527. The van der Waals surface area contributed by atoms with E-state index < -0.39 is 0 Å². The molecule has 1 amide bonds. The van der Waals surface area contributed by atoms with Crippen LogP contribution in [-0.4, -0.2) is 29.3 Å². The summed E-state index contributed by atoms with van der Waals surface area (Å²) in [5.74, 6) is 0.193. The first-order valence-corrected chi connectivity index (χ1v) is 6.23. The third-order valence-electron chi connectivity index (χ3n) is 2.05. The number of amides is 1. The third kappa shape index (κ3) is 4.53. The van der Waals surface area contributed by atoms with Crippen LogP contribution >= 0.6 is 27.5 Å². The minimum absolute atomic E-state index is 0.237. The molecule has 1 N–H and O–H groups in total. The molecule has 0 spiro atoms. The Bertz CT molecular complexity index is 400. The van der Waals surface area contributed by atoms with Gasteiger partial charge >= 0.3 is 0 Å². The molecule has 0 aromatic heterocycles. The SMILES string of the molecule is CC(=O)N(O)CCCOc1cccc(Br)c1Cl. The van der Waals surface area contributed by atoms with Gasteiger partial charge in [-0.05, 0) is 28.1 Å². The molecule has 1 aromatic carbocycles. The van der Waals surface area contributed by atoms with Crippen LogP contribution in [0.3, 0.4) is 0 Å². The molecule has 4 nitrogen and oxygen atoms in total. The van der Waals surface area contributed by atoms with Gasteiger partial charge in [-0.2, -0.15) is 0 Å². The monoisotopic (exact) mass is 321 g/mol. The minimum Gasteiger partial charge on any atom is -0.492 e. The number of benzene rings is 1. The van der Waals surface area contributed by atoms with E-state index >= 15 is 0 Å². The molecule has 1 rings (SSSR count). The Balaban J connectivity index is 2.36. The fourth-order valence-corrected chi connectivity index (χ4v) is 1.68. The first-order valence-electron chi connectivity index (χ1n) is 5.06. The van der Waals surface area contributed by atoms with Crippen LogP contribution in [0.2, 0.25) is 5.02 Å². The zero-order valence-electron chi connectivity index (χ0n) is 9.32. The standard InChI is InChI=1S/C11H13BrClNO3/c1-8(15)14(16)6-3-7-17-10-5-2-4-9(12)11(10)13/h2,4-5,16H,3,6-7H2,1H3. The molecule has 0 bridgehead atoms. The summed E-state index contributed by atoms with van der Waals surface area (Å²) in [5, 5.41) is 10.3. The zero-order chi connectivity index (χ0) is 12.8. The quantitative estimate of drug-likeness (QED) is 0.515. The molecular formula is C11H13BrClNO3. The van der Waals surface area contributed by atoms with Crippen molar-refractivity contribution in [3.8, 4) is 5.75 Å². The maximum absolute atomic E-state index is 10.7. The van der Waals surface area contributed by atoms with Crippen molar-refractivity contribution in [2.45, 2.75) is 13.3 Å². The molecule has 0 radical (unpaired) electrons. The minimum atomic E-state index is -0.384. The van der Waals surface area contributed by atoms with Gasteiger partial charge in [0.2, 0.25) is 5.91 Å². The third-order valence-corrected chi connectivity index (χ3v) is 3.33. The molecule has 6 heteroatoms. The molecular weight excluding hydrogens is 309 g/mol. The van der Waals surface area contributed by atoms with Crippen LogP contribution in [0.25, 0.3) is 0 Å². The maximum atomic E-state index is 10.7. The van der Waals surface area contributed by atoms with E-state index in [9.17, 15) is 4.79 Å². The number of carbonyl (C=O) groups is 1. The average molecular weight is 323 g/mol. The summed E-state index contributed by atoms with van der Waals surface area (Å²) >= 11 is 9.29. The number of rotatable bonds is 5. The van der Waals surface area contributed by atoms with Crippen molar-refractivity contribution in [2.24, 2.45) is 0 Å². The van der Waals surface area contributed by atoms with Crippen LogP contribution in [0, 0.1) is 0 Å². The van der Waals surface area contributed by atoms with Crippen LogP contribution in [-0.2, 0) is 4.79 Å². The lowest BCUT2D eigenvalue weighted by molar-refractivity contribution is -0.163. The van der Waals surface area contributed by atoms with E-state index in [4.69, 9.17) is 21.5 Å². The van der Waals surface area contributed by atoms with Gasteiger partial charge in [0.1, 0.15) is 5.75 Å². The van der Waals surface area contributed by atoms with Crippen molar-refractivity contribution in [3.05, 3.63) is 27.7 Å². The number of hydrogen-bond donors (Lipinski definition) is 1. The summed E-state index contributed by atoms with van der Waals surface area (Å²) in [7, 11) is 0. The highest BCUT2D eigenvalue weighted by molar-refractivity contribution is 9.10. The Kier molecular flexibility index (Phi) is 5.74. The molecule has 0 aliphatic heterocycles. The fourth-order valence-electron chi connectivity index (χ4n) is 1.15. The Morgan fingerprint density at radius 3 is 2.94 bits per heavy atom. The Morgan fingerprint density at radius 1 is 1.59 bits per heavy atom. The Labute approximate surface area is 113 Å². The number of ether oxygens (including phenoxy) is 1. The van der Waals surface area contributed by atoms with Crippen LogP contribution < -0.4 is 4.74 Å². The van der Waals surface area contributed by atoms with E-state index in [2.05, 4.69) is 15.9 Å². The molecule has 94 valence electrons. The predicted molar refractivity (Wildman–Crippen MR) is 68.4 cm³/mol. The average Bonchev–Trinajstić information content (AvgIpc) is 2.29. The van der Waals surface area contributed by atoms with Crippen LogP contribution in [0.4, 0.5) is 0 Å². The molecule has 0 heterocycles. The lowest BCUT2D eigenvalue weighted by atomic mass is 10.3. The van der Waals surface area contributed by atoms with E-state index in [-0.39, 0.29) is 12.5 Å². The maximum Gasteiger partial charge on any atom is 0.242 e. The Morgan fingerprint density at radius 2 is 2.29 bits per heavy atom. The van der Waals surface area contributed by atoms with Gasteiger partial charge in [0.05, 0.1) is 18.2 Å². The predicted octanol–water partition coefficient (Wildman–Crippen LogP) is 3.11. The fraction of sp³-hybridized carbons (Fsp3) is 0.364. The van der Waals surface area contributed by atoms with Gasteiger partial charge in [0.15, 0.2) is 0 Å². The second-order valence-corrected chi connectivity index (χ2v) is 4.63. The van der Waals surface area contributed by atoms with Gasteiger partial charge in [-0.3, -0.25) is 10.0 Å². The molecule has 0 fully saturated rings. The van der Waals surface area contributed by atoms with E-state index in [1.54, 1.807) is 6.07 Å². The van der Waals surface area contributed by atoms with Gasteiger partial charge in [-0.1, -0.05) is 17.7 Å². The number of hydrogen-bond acceptors (Lipinski definition) is 3. The van der Waals surface area contributed by atoms with Crippen molar-refractivity contribution in [1.29, 1.82) is 0 Å². The second kappa shape index (κ2) is 6.83. The highest BCUT2D eigenvalue weighted by atomic mass is 79.9. The van der Waals surface area contributed by atoms with Crippen molar-refractivity contribution in [2.75, 3.05) is 13.2 Å². The molecule has 17 heavy (non-hydrogen) atoms. The highest BCUT2D eigenvalue weighted by Gasteiger charge is 2.06. The van der Waals surface area contributed by atoms with Crippen LogP contribution in [0.15, 0.2) is 22.7 Å². The van der Waals surface area contributed by atoms with E-state index in [0.29, 0.717) is 28.9 Å². The summed E-state index contributed by atoms with van der Waals surface area (Å²) in [5.41, 5.74) is 0. The first kappa shape index (κ1) is 14.3. The van der Waals surface area contributed by atoms with E-state index in [1.165, 1.54) is 6.92 Å². The largest absolute Gasteiger partial charge is 0.492 e. The van der Waals surface area contributed by atoms with Crippen LogP contribution in [0.1, 0.15) is 13.3 Å². The number of carbonyl (C=O) groups excluding carboxylic acids is 1. The number of hydroxylamine groups is 2. The van der Waals surface area contributed by atoms with Crippen molar-refractivity contribution < 1.29 is 14.7 Å². The topological polar surface area (TPSA) is 49.8 Å². The lowest BCUT2D eigenvalue weighted by Gasteiger charge is -2.13. The smallest absolute Gasteiger partial charge is 0.242 e. The molecule has 0 unspecified atom stereocenters. The van der Waals surface area contributed by atoms with Gasteiger partial charge in [-0.15, -0.1) is 0 Å². The molecule has 0 atom stereocenters. The van der Waals surface area contributed by atoms with E-state index in [0.717, 1.165) is 4.47 Å². The highest BCUT2D eigenvalue weighted by Crippen LogP contribution is 2.31. The van der Waals surface area contributed by atoms with E-state index in [1.807, 2.05) is 12.1 Å². The van der Waals surface area contributed by atoms with Gasteiger partial charge in [-0.25, -0.2) is 5.06 Å². The van der Waals surface area contributed by atoms with Gasteiger partial charge in [0.25, 0.3) is 0 Å².